The van der Waals surface area contributed by atoms with Crippen molar-refractivity contribution >= 4 is 11.6 Å². The summed E-state index contributed by atoms with van der Waals surface area (Å²) < 4.78 is 5.03. The van der Waals surface area contributed by atoms with Crippen molar-refractivity contribution in [1.82, 2.24) is 0 Å². The molecule has 0 aliphatic heterocycles. The lowest BCUT2D eigenvalue weighted by molar-refractivity contribution is 0.0169. The molecule has 1 aromatic carbocycles. The van der Waals surface area contributed by atoms with E-state index in [1.807, 2.05) is 6.07 Å². The van der Waals surface area contributed by atoms with E-state index in [0.717, 1.165) is 0 Å². The molecular formula is C12H14ClNO3. The average molecular weight is 256 g/mol. The predicted molar refractivity (Wildman–Crippen MR) is 64.0 cm³/mol. The summed E-state index contributed by atoms with van der Waals surface area (Å²) in [5.74, 6) is 0.646. The number of halogens is 1. The van der Waals surface area contributed by atoms with Crippen molar-refractivity contribution in [3.63, 3.8) is 0 Å². The number of alkyl halides is 1. The number of nitriles is 1. The maximum Gasteiger partial charge on any atom is 0.136 e. The van der Waals surface area contributed by atoms with Crippen LogP contribution >= 0.6 is 11.6 Å². The number of rotatable bonds is 5. The SMILES string of the molecule is COc1cc(C(O)C(O)CCCl)ccc1C#N. The van der Waals surface area contributed by atoms with Crippen molar-refractivity contribution in [3.8, 4) is 11.8 Å². The number of methoxy groups -OCH3 is 1. The first-order chi connectivity index (χ1) is 8.13. The number of aliphatic hydroxyl groups excluding tert-OH is 2. The van der Waals surface area contributed by atoms with Gasteiger partial charge >= 0.3 is 0 Å². The zero-order chi connectivity index (χ0) is 12.8. The fourth-order valence-corrected chi connectivity index (χ4v) is 1.70. The molecule has 0 aromatic heterocycles. The lowest BCUT2D eigenvalue weighted by atomic mass is 10.0. The summed E-state index contributed by atoms with van der Waals surface area (Å²) >= 11 is 5.50. The van der Waals surface area contributed by atoms with E-state index in [-0.39, 0.29) is 5.88 Å². The largest absolute Gasteiger partial charge is 0.495 e. The molecule has 0 fully saturated rings. The third kappa shape index (κ3) is 3.34. The van der Waals surface area contributed by atoms with E-state index in [2.05, 4.69) is 0 Å². The number of benzene rings is 1. The van der Waals surface area contributed by atoms with Gasteiger partial charge in [0.05, 0.1) is 18.8 Å². The normalized spacial score (nSPS) is 13.8. The highest BCUT2D eigenvalue weighted by atomic mass is 35.5. The van der Waals surface area contributed by atoms with Gasteiger partial charge in [0, 0.05) is 5.88 Å². The Kier molecular flexibility index (Phi) is 5.23. The number of hydrogen-bond donors (Lipinski definition) is 2. The molecule has 0 amide bonds. The van der Waals surface area contributed by atoms with Crippen LogP contribution in [0.2, 0.25) is 0 Å². The summed E-state index contributed by atoms with van der Waals surface area (Å²) in [7, 11) is 1.45. The van der Waals surface area contributed by atoms with E-state index < -0.39 is 12.2 Å². The Labute approximate surface area is 105 Å². The molecule has 0 bridgehead atoms. The minimum absolute atomic E-state index is 0.269. The van der Waals surface area contributed by atoms with Gasteiger partial charge in [-0.05, 0) is 24.1 Å². The minimum atomic E-state index is -1.03. The Morgan fingerprint density at radius 3 is 2.71 bits per heavy atom. The van der Waals surface area contributed by atoms with Crippen LogP contribution in [0, 0.1) is 11.3 Å². The van der Waals surface area contributed by atoms with Crippen molar-refractivity contribution in [2.24, 2.45) is 0 Å². The summed E-state index contributed by atoms with van der Waals surface area (Å²) in [6.07, 6.45) is -1.66. The second kappa shape index (κ2) is 6.45. The maximum atomic E-state index is 9.86. The number of nitrogens with zero attached hydrogens (tertiary/aromatic N) is 1. The van der Waals surface area contributed by atoms with E-state index in [4.69, 9.17) is 21.6 Å². The fourth-order valence-electron chi connectivity index (χ4n) is 1.48. The van der Waals surface area contributed by atoms with Crippen LogP contribution in [0.25, 0.3) is 0 Å². The third-order valence-corrected chi connectivity index (χ3v) is 2.68. The van der Waals surface area contributed by atoms with Crippen LogP contribution in [0.5, 0.6) is 5.75 Å². The van der Waals surface area contributed by atoms with Crippen molar-refractivity contribution < 1.29 is 14.9 Å². The van der Waals surface area contributed by atoms with Crippen LogP contribution in [-0.2, 0) is 0 Å². The smallest absolute Gasteiger partial charge is 0.136 e. The van der Waals surface area contributed by atoms with E-state index >= 15 is 0 Å². The van der Waals surface area contributed by atoms with Gasteiger partial charge < -0.3 is 14.9 Å². The number of hydrogen-bond acceptors (Lipinski definition) is 4. The van der Waals surface area contributed by atoms with Crippen LogP contribution in [-0.4, -0.2) is 29.3 Å². The molecule has 2 atom stereocenters. The second-order valence-corrected chi connectivity index (χ2v) is 3.94. The molecule has 0 aliphatic carbocycles. The molecule has 0 aliphatic rings. The first kappa shape index (κ1) is 13.8. The van der Waals surface area contributed by atoms with Gasteiger partial charge in [-0.3, -0.25) is 0 Å². The number of ether oxygens (including phenoxy) is 1. The van der Waals surface area contributed by atoms with E-state index in [1.165, 1.54) is 7.11 Å². The molecule has 0 radical (unpaired) electrons. The lowest BCUT2D eigenvalue weighted by Gasteiger charge is -2.18. The van der Waals surface area contributed by atoms with Crippen LogP contribution in [0.3, 0.4) is 0 Å². The van der Waals surface area contributed by atoms with E-state index in [1.54, 1.807) is 18.2 Å². The Balaban J connectivity index is 2.96. The molecule has 0 saturated heterocycles. The van der Waals surface area contributed by atoms with Gasteiger partial charge in [-0.1, -0.05) is 6.07 Å². The molecule has 0 heterocycles. The molecule has 1 aromatic rings. The lowest BCUT2D eigenvalue weighted by Crippen LogP contribution is -2.18. The summed E-state index contributed by atoms with van der Waals surface area (Å²) in [4.78, 5) is 0. The van der Waals surface area contributed by atoms with E-state index in [0.29, 0.717) is 23.3 Å². The molecule has 17 heavy (non-hydrogen) atoms. The molecule has 2 N–H and O–H groups in total. The maximum absolute atomic E-state index is 9.86. The molecule has 0 saturated carbocycles. The zero-order valence-corrected chi connectivity index (χ0v) is 10.2. The van der Waals surface area contributed by atoms with Crippen molar-refractivity contribution in [3.05, 3.63) is 29.3 Å². The Morgan fingerprint density at radius 2 is 2.18 bits per heavy atom. The topological polar surface area (TPSA) is 73.5 Å². The second-order valence-electron chi connectivity index (χ2n) is 3.56. The zero-order valence-electron chi connectivity index (χ0n) is 9.43. The van der Waals surface area contributed by atoms with Gasteiger partial charge in [0.2, 0.25) is 0 Å². The van der Waals surface area contributed by atoms with Crippen molar-refractivity contribution in [1.29, 1.82) is 5.26 Å². The highest BCUT2D eigenvalue weighted by molar-refractivity contribution is 6.17. The molecule has 2 unspecified atom stereocenters. The van der Waals surface area contributed by atoms with Gasteiger partial charge in [0.15, 0.2) is 0 Å². The standard InChI is InChI=1S/C12H14ClNO3/c1-17-11-6-8(2-3-9(11)7-14)12(16)10(15)4-5-13/h2-3,6,10,12,15-16H,4-5H2,1H3. The first-order valence-electron chi connectivity index (χ1n) is 5.14. The van der Waals surface area contributed by atoms with Crippen LogP contribution in [0.1, 0.15) is 23.7 Å². The Morgan fingerprint density at radius 1 is 1.47 bits per heavy atom. The first-order valence-corrected chi connectivity index (χ1v) is 5.67. The molecule has 0 spiro atoms. The molecular weight excluding hydrogens is 242 g/mol. The van der Waals surface area contributed by atoms with Crippen molar-refractivity contribution in [2.75, 3.05) is 13.0 Å². The Hall–Kier alpha value is -1.28. The van der Waals surface area contributed by atoms with Gasteiger partial charge in [-0.15, -0.1) is 11.6 Å². The summed E-state index contributed by atoms with van der Waals surface area (Å²) in [6, 6.07) is 6.65. The predicted octanol–water partition coefficient (Wildman–Crippen LogP) is 1.59. The summed E-state index contributed by atoms with van der Waals surface area (Å²) in [6.45, 7) is 0. The molecule has 1 rings (SSSR count). The highest BCUT2D eigenvalue weighted by Gasteiger charge is 2.19. The fraction of sp³-hybridized carbons (Fsp3) is 0.417. The molecule has 4 nitrogen and oxygen atoms in total. The third-order valence-electron chi connectivity index (χ3n) is 2.46. The van der Waals surface area contributed by atoms with Gasteiger partial charge in [-0.25, -0.2) is 0 Å². The van der Waals surface area contributed by atoms with Gasteiger partial charge in [0.1, 0.15) is 17.9 Å². The monoisotopic (exact) mass is 255 g/mol. The average Bonchev–Trinajstić information content (AvgIpc) is 2.37. The molecule has 5 heteroatoms. The quantitative estimate of drug-likeness (QED) is 0.784. The minimum Gasteiger partial charge on any atom is -0.495 e. The summed E-state index contributed by atoms with van der Waals surface area (Å²) in [5, 5.41) is 28.3. The van der Waals surface area contributed by atoms with Gasteiger partial charge in [-0.2, -0.15) is 5.26 Å². The van der Waals surface area contributed by atoms with E-state index in [9.17, 15) is 10.2 Å². The van der Waals surface area contributed by atoms with Gasteiger partial charge in [0.25, 0.3) is 0 Å². The number of aliphatic hydroxyl groups is 2. The van der Waals surface area contributed by atoms with Crippen molar-refractivity contribution in [2.45, 2.75) is 18.6 Å². The van der Waals surface area contributed by atoms with Crippen LogP contribution < -0.4 is 4.74 Å². The molecule has 92 valence electrons. The summed E-state index contributed by atoms with van der Waals surface area (Å²) in [5.41, 5.74) is 0.883. The highest BCUT2D eigenvalue weighted by Crippen LogP contribution is 2.26. The van der Waals surface area contributed by atoms with Crippen LogP contribution in [0.4, 0.5) is 0 Å². The van der Waals surface area contributed by atoms with Crippen LogP contribution in [0.15, 0.2) is 18.2 Å². The Bertz CT molecular complexity index is 417.